The molecule has 1 fully saturated rings. The van der Waals surface area contributed by atoms with Gasteiger partial charge in [-0.2, -0.15) is 0 Å². The summed E-state index contributed by atoms with van der Waals surface area (Å²) in [4.78, 5) is 0. The quantitative estimate of drug-likeness (QED) is 0.839. The van der Waals surface area contributed by atoms with E-state index in [1.165, 1.54) is 36.9 Å². The van der Waals surface area contributed by atoms with Gasteiger partial charge in [-0.3, -0.25) is 0 Å². The van der Waals surface area contributed by atoms with Gasteiger partial charge in [-0.15, -0.1) is 0 Å². The van der Waals surface area contributed by atoms with Crippen molar-refractivity contribution in [1.29, 1.82) is 0 Å². The lowest BCUT2D eigenvalue weighted by atomic mass is 9.87. The minimum atomic E-state index is 0.255. The summed E-state index contributed by atoms with van der Waals surface area (Å²) in [6.45, 7) is 11.4. The molecule has 1 heteroatoms. The molecule has 2 rings (SSSR count). The first-order valence-electron chi connectivity index (χ1n) is 7.77. The fourth-order valence-corrected chi connectivity index (χ4v) is 3.05. The van der Waals surface area contributed by atoms with E-state index in [1.54, 1.807) is 0 Å². The number of rotatable bonds is 4. The van der Waals surface area contributed by atoms with Crippen molar-refractivity contribution in [3.8, 4) is 0 Å². The Kier molecular flexibility index (Phi) is 4.67. The van der Waals surface area contributed by atoms with E-state index in [-0.39, 0.29) is 5.41 Å². The minimum absolute atomic E-state index is 0.255. The fourth-order valence-electron chi connectivity index (χ4n) is 3.05. The molecule has 2 atom stereocenters. The predicted octanol–water partition coefficient (Wildman–Crippen LogP) is 4.51. The monoisotopic (exact) mass is 259 g/mol. The van der Waals surface area contributed by atoms with Crippen molar-refractivity contribution in [3.05, 3.63) is 35.4 Å². The average Bonchev–Trinajstić information content (AvgIpc) is 2.75. The van der Waals surface area contributed by atoms with Crippen molar-refractivity contribution in [2.75, 3.05) is 6.54 Å². The summed E-state index contributed by atoms with van der Waals surface area (Å²) in [5.74, 6) is 1.81. The van der Waals surface area contributed by atoms with Crippen LogP contribution >= 0.6 is 0 Å². The molecule has 0 bridgehead atoms. The Hall–Kier alpha value is -0.820. The molecular weight excluding hydrogens is 230 g/mol. The molecule has 1 aliphatic carbocycles. The summed E-state index contributed by atoms with van der Waals surface area (Å²) in [6, 6.07) is 9.09. The van der Waals surface area contributed by atoms with Gasteiger partial charge in [-0.1, -0.05) is 64.8 Å². The molecule has 0 aliphatic heterocycles. The van der Waals surface area contributed by atoms with Crippen LogP contribution in [0.2, 0.25) is 0 Å². The molecule has 0 spiro atoms. The third-order valence-electron chi connectivity index (χ3n) is 4.59. The number of nitrogens with one attached hydrogen (secondary N) is 1. The smallest absolute Gasteiger partial charge is 0.0205 e. The van der Waals surface area contributed by atoms with Gasteiger partial charge in [-0.05, 0) is 41.3 Å². The van der Waals surface area contributed by atoms with Crippen LogP contribution in [-0.4, -0.2) is 6.54 Å². The minimum Gasteiger partial charge on any atom is -0.312 e. The van der Waals surface area contributed by atoms with Gasteiger partial charge in [0.15, 0.2) is 0 Å². The molecule has 1 aliphatic rings. The first kappa shape index (κ1) is 14.6. The third-order valence-corrected chi connectivity index (χ3v) is 4.59. The van der Waals surface area contributed by atoms with E-state index in [2.05, 4.69) is 57.3 Å². The summed E-state index contributed by atoms with van der Waals surface area (Å²) in [5.41, 5.74) is 3.07. The zero-order chi connectivity index (χ0) is 13.9. The standard InChI is InChI=1S/C18H29N/c1-14-6-5-7-16(14)13-19-12-15-8-10-17(11-9-15)18(2,3)4/h8-11,14,16,19H,5-7,12-13H2,1-4H3. The molecule has 1 aromatic carbocycles. The van der Waals surface area contributed by atoms with Crippen LogP contribution in [0.15, 0.2) is 24.3 Å². The van der Waals surface area contributed by atoms with Gasteiger partial charge in [-0.25, -0.2) is 0 Å². The van der Waals surface area contributed by atoms with E-state index in [4.69, 9.17) is 0 Å². The predicted molar refractivity (Wildman–Crippen MR) is 83.4 cm³/mol. The molecule has 106 valence electrons. The largest absolute Gasteiger partial charge is 0.312 e. The third kappa shape index (κ3) is 4.07. The Bertz CT molecular complexity index is 385. The molecule has 1 nitrogen and oxygen atoms in total. The highest BCUT2D eigenvalue weighted by atomic mass is 14.9. The first-order valence-corrected chi connectivity index (χ1v) is 7.77. The maximum atomic E-state index is 3.63. The molecule has 1 saturated carbocycles. The van der Waals surface area contributed by atoms with Crippen molar-refractivity contribution in [2.45, 2.75) is 58.9 Å². The summed E-state index contributed by atoms with van der Waals surface area (Å²) >= 11 is 0. The molecular formula is C18H29N. The zero-order valence-electron chi connectivity index (χ0n) is 13.0. The van der Waals surface area contributed by atoms with Crippen molar-refractivity contribution < 1.29 is 0 Å². The van der Waals surface area contributed by atoms with Gasteiger partial charge in [0.2, 0.25) is 0 Å². The lowest BCUT2D eigenvalue weighted by Gasteiger charge is -2.19. The SMILES string of the molecule is CC1CCCC1CNCc1ccc(C(C)(C)C)cc1. The number of hydrogen-bond acceptors (Lipinski definition) is 1. The molecule has 0 saturated heterocycles. The highest BCUT2D eigenvalue weighted by Gasteiger charge is 2.22. The Morgan fingerprint density at radius 3 is 2.32 bits per heavy atom. The molecule has 19 heavy (non-hydrogen) atoms. The van der Waals surface area contributed by atoms with Gasteiger partial charge in [0, 0.05) is 6.54 Å². The molecule has 1 N–H and O–H groups in total. The van der Waals surface area contributed by atoms with Gasteiger partial charge < -0.3 is 5.32 Å². The molecule has 0 heterocycles. The van der Waals surface area contributed by atoms with Crippen LogP contribution in [0.1, 0.15) is 58.1 Å². The Morgan fingerprint density at radius 1 is 1.11 bits per heavy atom. The second-order valence-electron chi connectivity index (χ2n) is 7.25. The highest BCUT2D eigenvalue weighted by Crippen LogP contribution is 2.30. The first-order chi connectivity index (χ1) is 8.97. The second kappa shape index (κ2) is 6.09. The molecule has 0 amide bonds. The lowest BCUT2D eigenvalue weighted by Crippen LogP contribution is -2.24. The Labute approximate surface area is 118 Å². The zero-order valence-corrected chi connectivity index (χ0v) is 13.0. The van der Waals surface area contributed by atoms with E-state index in [1.807, 2.05) is 0 Å². The van der Waals surface area contributed by atoms with E-state index in [0.717, 1.165) is 18.4 Å². The van der Waals surface area contributed by atoms with Crippen LogP contribution in [0.4, 0.5) is 0 Å². The van der Waals surface area contributed by atoms with E-state index in [9.17, 15) is 0 Å². The van der Waals surface area contributed by atoms with Crippen LogP contribution < -0.4 is 5.32 Å². The van der Waals surface area contributed by atoms with Crippen molar-refractivity contribution in [3.63, 3.8) is 0 Å². The van der Waals surface area contributed by atoms with Gasteiger partial charge in [0.05, 0.1) is 0 Å². The average molecular weight is 259 g/mol. The summed E-state index contributed by atoms with van der Waals surface area (Å²) < 4.78 is 0. The maximum absolute atomic E-state index is 3.63. The molecule has 1 aromatic rings. The highest BCUT2D eigenvalue weighted by molar-refractivity contribution is 5.27. The van der Waals surface area contributed by atoms with Crippen LogP contribution in [0.25, 0.3) is 0 Å². The van der Waals surface area contributed by atoms with Crippen LogP contribution in [-0.2, 0) is 12.0 Å². The van der Waals surface area contributed by atoms with Crippen molar-refractivity contribution >= 4 is 0 Å². The van der Waals surface area contributed by atoms with Crippen LogP contribution in [0.3, 0.4) is 0 Å². The normalized spacial score (nSPS) is 23.8. The van der Waals surface area contributed by atoms with Crippen LogP contribution in [0, 0.1) is 11.8 Å². The van der Waals surface area contributed by atoms with Crippen molar-refractivity contribution in [2.24, 2.45) is 11.8 Å². The lowest BCUT2D eigenvalue weighted by molar-refractivity contribution is 0.392. The maximum Gasteiger partial charge on any atom is 0.0205 e. The second-order valence-corrected chi connectivity index (χ2v) is 7.25. The van der Waals surface area contributed by atoms with Gasteiger partial charge in [0.1, 0.15) is 0 Å². The van der Waals surface area contributed by atoms with Gasteiger partial charge in [0.25, 0.3) is 0 Å². The summed E-state index contributed by atoms with van der Waals surface area (Å²) in [6.07, 6.45) is 4.26. The fraction of sp³-hybridized carbons (Fsp3) is 0.667. The Morgan fingerprint density at radius 2 is 1.79 bits per heavy atom. The summed E-state index contributed by atoms with van der Waals surface area (Å²) in [7, 11) is 0. The molecule has 2 unspecified atom stereocenters. The number of hydrogen-bond donors (Lipinski definition) is 1. The summed E-state index contributed by atoms with van der Waals surface area (Å²) in [5, 5.41) is 3.63. The van der Waals surface area contributed by atoms with Gasteiger partial charge >= 0.3 is 0 Å². The van der Waals surface area contributed by atoms with E-state index < -0.39 is 0 Å². The van der Waals surface area contributed by atoms with Crippen molar-refractivity contribution in [1.82, 2.24) is 5.32 Å². The topological polar surface area (TPSA) is 12.0 Å². The van der Waals surface area contributed by atoms with E-state index in [0.29, 0.717) is 0 Å². The molecule has 0 aromatic heterocycles. The van der Waals surface area contributed by atoms with Crippen LogP contribution in [0.5, 0.6) is 0 Å². The number of benzene rings is 1. The molecule has 0 radical (unpaired) electrons. The Balaban J connectivity index is 1.80. The van der Waals surface area contributed by atoms with E-state index >= 15 is 0 Å².